The molecule has 0 unspecified atom stereocenters. The molecule has 98 valence electrons. The van der Waals surface area contributed by atoms with E-state index in [1.54, 1.807) is 0 Å². The van der Waals surface area contributed by atoms with Gasteiger partial charge in [-0.05, 0) is 44.1 Å². The monoisotopic (exact) mass is 237 g/mol. The minimum Gasteiger partial charge on any atom is -0.315 e. The first-order chi connectivity index (χ1) is 8.28. The molecule has 1 heterocycles. The largest absolute Gasteiger partial charge is 0.315 e. The molecule has 3 heteroatoms. The summed E-state index contributed by atoms with van der Waals surface area (Å²) < 4.78 is 0. The zero-order chi connectivity index (χ0) is 11.7. The summed E-state index contributed by atoms with van der Waals surface area (Å²) in [7, 11) is 2.22. The number of hydrogen-bond donors (Lipinski definition) is 1. The number of rotatable bonds is 6. The average molecular weight is 237 g/mol. The summed E-state index contributed by atoms with van der Waals surface area (Å²) in [5.41, 5.74) is 0.766. The van der Waals surface area contributed by atoms with Crippen molar-refractivity contribution in [3.8, 4) is 0 Å². The van der Waals surface area contributed by atoms with Gasteiger partial charge in [0.15, 0.2) is 0 Å². The first kappa shape index (κ1) is 11.9. The van der Waals surface area contributed by atoms with Gasteiger partial charge in [-0.25, -0.2) is 0 Å². The summed E-state index contributed by atoms with van der Waals surface area (Å²) in [4.78, 5) is 5.03. The molecule has 0 radical (unpaired) electrons. The van der Waals surface area contributed by atoms with Crippen LogP contribution < -0.4 is 5.32 Å². The van der Waals surface area contributed by atoms with Crippen LogP contribution in [0.5, 0.6) is 0 Å². The zero-order valence-corrected chi connectivity index (χ0v) is 11.2. The number of likely N-dealkylation sites (N-methyl/N-ethyl adjacent to an activating group) is 1. The van der Waals surface area contributed by atoms with Gasteiger partial charge < -0.3 is 10.2 Å². The van der Waals surface area contributed by atoms with Crippen LogP contribution >= 0.6 is 0 Å². The van der Waals surface area contributed by atoms with Crippen molar-refractivity contribution in [3.05, 3.63) is 0 Å². The van der Waals surface area contributed by atoms with Crippen molar-refractivity contribution < 1.29 is 0 Å². The van der Waals surface area contributed by atoms with Gasteiger partial charge in [-0.2, -0.15) is 0 Å². The Morgan fingerprint density at radius 3 is 2.41 bits per heavy atom. The summed E-state index contributed by atoms with van der Waals surface area (Å²) in [6.45, 7) is 8.73. The molecular formula is C14H27N3. The lowest BCUT2D eigenvalue weighted by atomic mass is 10.0. The van der Waals surface area contributed by atoms with E-state index in [1.807, 2.05) is 0 Å². The highest BCUT2D eigenvalue weighted by atomic mass is 15.2. The van der Waals surface area contributed by atoms with Crippen LogP contribution in [0.15, 0.2) is 0 Å². The van der Waals surface area contributed by atoms with E-state index >= 15 is 0 Å². The Bertz CT molecular complexity index is 250. The minimum absolute atomic E-state index is 0.766. The number of nitrogens with zero attached hydrogens (tertiary/aromatic N) is 2. The van der Waals surface area contributed by atoms with Crippen molar-refractivity contribution in [2.75, 3.05) is 52.9 Å². The van der Waals surface area contributed by atoms with E-state index in [2.05, 4.69) is 22.2 Å². The third kappa shape index (κ3) is 3.01. The highest BCUT2D eigenvalue weighted by Gasteiger charge is 2.53. The predicted octanol–water partition coefficient (Wildman–Crippen LogP) is 1.01. The summed E-state index contributed by atoms with van der Waals surface area (Å²) >= 11 is 0. The van der Waals surface area contributed by atoms with Crippen LogP contribution in [0.25, 0.3) is 0 Å². The van der Waals surface area contributed by atoms with Crippen LogP contribution in [-0.4, -0.2) is 62.7 Å². The molecule has 3 fully saturated rings. The molecule has 1 saturated heterocycles. The molecular weight excluding hydrogens is 210 g/mol. The second-order valence-electron chi connectivity index (χ2n) is 6.46. The molecule has 3 rings (SSSR count). The van der Waals surface area contributed by atoms with Crippen molar-refractivity contribution >= 4 is 0 Å². The first-order valence-electron chi connectivity index (χ1n) is 7.40. The highest BCUT2D eigenvalue weighted by molar-refractivity contribution is 5.04. The van der Waals surface area contributed by atoms with E-state index in [0.29, 0.717) is 0 Å². The summed E-state index contributed by atoms with van der Waals surface area (Å²) in [5.74, 6) is 1.10. The van der Waals surface area contributed by atoms with Crippen LogP contribution in [0, 0.1) is 11.3 Å². The second kappa shape index (κ2) is 4.87. The van der Waals surface area contributed by atoms with E-state index in [4.69, 9.17) is 0 Å². The van der Waals surface area contributed by atoms with Crippen molar-refractivity contribution in [2.24, 2.45) is 11.3 Å². The molecule has 1 N–H and O–H groups in total. The molecule has 0 aromatic rings. The van der Waals surface area contributed by atoms with E-state index in [1.165, 1.54) is 71.5 Å². The molecule has 3 aliphatic rings. The SMILES string of the molecule is CN1CCN(CCNCC2(C3CC3)CC2)CC1. The Labute approximate surface area is 106 Å². The lowest BCUT2D eigenvalue weighted by Crippen LogP contribution is -2.46. The normalized spacial score (nSPS) is 29.5. The van der Waals surface area contributed by atoms with Gasteiger partial charge in [0.05, 0.1) is 0 Å². The standard InChI is InChI=1S/C14H27N3/c1-16-8-10-17(11-9-16)7-6-15-12-14(4-5-14)13-2-3-13/h13,15H,2-12H2,1H3. The predicted molar refractivity (Wildman–Crippen MR) is 71.2 cm³/mol. The molecule has 3 nitrogen and oxygen atoms in total. The molecule has 0 aromatic carbocycles. The van der Waals surface area contributed by atoms with Crippen LogP contribution in [0.4, 0.5) is 0 Å². The first-order valence-corrected chi connectivity index (χ1v) is 7.40. The zero-order valence-electron chi connectivity index (χ0n) is 11.2. The minimum atomic E-state index is 0.766. The van der Waals surface area contributed by atoms with Crippen LogP contribution in [0.2, 0.25) is 0 Å². The average Bonchev–Trinajstić information content (AvgIpc) is 3.18. The molecule has 0 amide bonds. The van der Waals surface area contributed by atoms with Gasteiger partial charge in [-0.1, -0.05) is 0 Å². The number of nitrogens with one attached hydrogen (secondary N) is 1. The Kier molecular flexibility index (Phi) is 3.42. The number of hydrogen-bond acceptors (Lipinski definition) is 3. The van der Waals surface area contributed by atoms with Gasteiger partial charge in [0.2, 0.25) is 0 Å². The van der Waals surface area contributed by atoms with Gasteiger partial charge in [0, 0.05) is 45.8 Å². The maximum atomic E-state index is 3.71. The maximum Gasteiger partial charge on any atom is 0.0110 e. The Balaban J connectivity index is 1.28. The highest BCUT2D eigenvalue weighted by Crippen LogP contribution is 2.60. The summed E-state index contributed by atoms with van der Waals surface area (Å²) in [5, 5.41) is 3.71. The van der Waals surface area contributed by atoms with Crippen molar-refractivity contribution in [1.82, 2.24) is 15.1 Å². The third-order valence-electron chi connectivity index (χ3n) is 5.01. The van der Waals surface area contributed by atoms with Crippen molar-refractivity contribution in [3.63, 3.8) is 0 Å². The Hall–Kier alpha value is -0.120. The maximum absolute atomic E-state index is 3.71. The lowest BCUT2D eigenvalue weighted by Gasteiger charge is -2.32. The van der Waals surface area contributed by atoms with Gasteiger partial charge in [-0.15, -0.1) is 0 Å². The molecule has 0 atom stereocenters. The molecule has 17 heavy (non-hydrogen) atoms. The van der Waals surface area contributed by atoms with E-state index in [9.17, 15) is 0 Å². The van der Waals surface area contributed by atoms with E-state index < -0.39 is 0 Å². The molecule has 1 aliphatic heterocycles. The fourth-order valence-corrected chi connectivity index (χ4v) is 3.23. The third-order valence-corrected chi connectivity index (χ3v) is 5.01. The van der Waals surface area contributed by atoms with Gasteiger partial charge >= 0.3 is 0 Å². The topological polar surface area (TPSA) is 18.5 Å². The molecule has 0 aromatic heterocycles. The van der Waals surface area contributed by atoms with Crippen molar-refractivity contribution in [2.45, 2.75) is 25.7 Å². The molecule has 2 aliphatic carbocycles. The molecule has 0 bridgehead atoms. The van der Waals surface area contributed by atoms with Gasteiger partial charge in [0.25, 0.3) is 0 Å². The molecule has 0 spiro atoms. The summed E-state index contributed by atoms with van der Waals surface area (Å²) in [6, 6.07) is 0. The fourth-order valence-electron chi connectivity index (χ4n) is 3.23. The Morgan fingerprint density at radius 2 is 1.82 bits per heavy atom. The van der Waals surface area contributed by atoms with Crippen LogP contribution in [0.3, 0.4) is 0 Å². The lowest BCUT2D eigenvalue weighted by molar-refractivity contribution is 0.154. The van der Waals surface area contributed by atoms with Crippen LogP contribution in [0.1, 0.15) is 25.7 Å². The quantitative estimate of drug-likeness (QED) is 0.696. The van der Waals surface area contributed by atoms with E-state index in [0.717, 1.165) is 11.3 Å². The number of piperazine rings is 1. The van der Waals surface area contributed by atoms with Gasteiger partial charge in [0.1, 0.15) is 0 Å². The van der Waals surface area contributed by atoms with Crippen molar-refractivity contribution in [1.29, 1.82) is 0 Å². The fraction of sp³-hybridized carbons (Fsp3) is 1.00. The van der Waals surface area contributed by atoms with Crippen LogP contribution in [-0.2, 0) is 0 Å². The molecule has 2 saturated carbocycles. The Morgan fingerprint density at radius 1 is 1.12 bits per heavy atom. The smallest absolute Gasteiger partial charge is 0.0110 e. The van der Waals surface area contributed by atoms with Gasteiger partial charge in [-0.3, -0.25) is 4.90 Å². The van der Waals surface area contributed by atoms with E-state index in [-0.39, 0.29) is 0 Å². The second-order valence-corrected chi connectivity index (χ2v) is 6.46. The summed E-state index contributed by atoms with van der Waals surface area (Å²) in [6.07, 6.45) is 6.03.